The van der Waals surface area contributed by atoms with Crippen LogP contribution in [0.2, 0.25) is 20.1 Å². The number of aliphatic carboxylic acids is 1. The van der Waals surface area contributed by atoms with Crippen molar-refractivity contribution in [1.29, 1.82) is 10.5 Å². The number of ether oxygens (including phenoxy) is 2. The van der Waals surface area contributed by atoms with Crippen molar-refractivity contribution in [2.75, 3.05) is 46.0 Å². The number of halogens is 4. The zero-order chi connectivity index (χ0) is 42.8. The van der Waals surface area contributed by atoms with Gasteiger partial charge < -0.3 is 29.5 Å². The summed E-state index contributed by atoms with van der Waals surface area (Å²) in [6.07, 6.45) is 0.315. The van der Waals surface area contributed by atoms with Crippen molar-refractivity contribution in [3.8, 4) is 23.6 Å². The number of carboxylic acids is 1. The number of carbonyl (C=O) groups excluding carboxylic acids is 2. The summed E-state index contributed by atoms with van der Waals surface area (Å²) in [5.41, 5.74) is 2.93. The molecule has 2 N–H and O–H groups in total. The van der Waals surface area contributed by atoms with E-state index in [4.69, 9.17) is 55.9 Å². The summed E-state index contributed by atoms with van der Waals surface area (Å²) in [5, 5.41) is 39.4. The average molecular weight is 897 g/mol. The topological polar surface area (TPSA) is 164 Å². The summed E-state index contributed by atoms with van der Waals surface area (Å²) >= 11 is 24.3. The van der Waals surface area contributed by atoms with E-state index in [0.29, 0.717) is 92.9 Å². The van der Waals surface area contributed by atoms with Crippen LogP contribution < -0.4 is 9.47 Å². The van der Waals surface area contributed by atoms with Gasteiger partial charge in [-0.2, -0.15) is 10.5 Å². The van der Waals surface area contributed by atoms with Gasteiger partial charge in [-0.15, -0.1) is 0 Å². The summed E-state index contributed by atoms with van der Waals surface area (Å²) < 4.78 is 11.6. The van der Waals surface area contributed by atoms with Gasteiger partial charge in [0.25, 0.3) is 11.8 Å². The largest absolute Gasteiger partial charge is 0.491 e. The zero-order valence-electron chi connectivity index (χ0n) is 32.3. The molecule has 2 aliphatic rings. The molecule has 4 aromatic carbocycles. The number of rotatable bonds is 10. The maximum Gasteiger partial charge on any atom is 0.304 e. The Bertz CT molecular complexity index is 2280. The molecule has 4 atom stereocenters. The molecule has 6 rings (SSSR count). The van der Waals surface area contributed by atoms with Crippen LogP contribution in [0.25, 0.3) is 0 Å². The molecule has 0 bridgehead atoms. The van der Waals surface area contributed by atoms with Crippen LogP contribution in [0, 0.1) is 34.5 Å². The van der Waals surface area contributed by atoms with Crippen molar-refractivity contribution in [3.63, 3.8) is 0 Å². The number of hydrogen-bond donors (Lipinski definition) is 2. The van der Waals surface area contributed by atoms with Gasteiger partial charge in [0.05, 0.1) is 62.0 Å². The fourth-order valence-electron chi connectivity index (χ4n) is 7.11. The Morgan fingerprint density at radius 2 is 1.17 bits per heavy atom. The second kappa shape index (κ2) is 22.0. The second-order valence-corrected chi connectivity index (χ2v) is 16.3. The van der Waals surface area contributed by atoms with Crippen LogP contribution >= 0.6 is 46.4 Å². The Balaban J connectivity index is 0.000000260. The maximum absolute atomic E-state index is 13.3. The number of nitriles is 2. The molecule has 0 spiro atoms. The van der Waals surface area contributed by atoms with E-state index in [0.717, 1.165) is 5.56 Å². The van der Waals surface area contributed by atoms with Crippen molar-refractivity contribution in [1.82, 2.24) is 9.80 Å². The van der Waals surface area contributed by atoms with Crippen molar-refractivity contribution < 1.29 is 34.1 Å². The molecule has 0 aliphatic carbocycles. The minimum absolute atomic E-state index is 0. The van der Waals surface area contributed by atoms with Crippen molar-refractivity contribution in [2.24, 2.45) is 11.8 Å². The van der Waals surface area contributed by atoms with Gasteiger partial charge in [0.1, 0.15) is 23.6 Å². The van der Waals surface area contributed by atoms with Gasteiger partial charge in [0.2, 0.25) is 0 Å². The molecular weight excluding hydrogens is 850 g/mol. The van der Waals surface area contributed by atoms with E-state index in [1.807, 2.05) is 19.9 Å². The van der Waals surface area contributed by atoms with Crippen LogP contribution in [-0.4, -0.2) is 83.8 Å². The number of aliphatic hydroxyl groups excluding tert-OH is 1. The van der Waals surface area contributed by atoms with Gasteiger partial charge in [0.15, 0.2) is 0 Å². The number of fused-ring (bicyclic) bond motifs is 2. The number of aliphatic hydroxyl groups is 1. The Kier molecular flexibility index (Phi) is 17.5. The summed E-state index contributed by atoms with van der Waals surface area (Å²) in [4.78, 5) is 41.6. The van der Waals surface area contributed by atoms with E-state index in [1.54, 1.807) is 76.5 Å². The standard InChI is InChI=1S/C22H20Cl2N2O4.C22H22Cl2N2O3.CH4/c1-13-10-26(22(29)17-4-2-3-15(9-25)21(17)30-12-13)11-16(8-20(27)28)14-5-6-18(23)19(24)7-14;1-14-11-26(12-17(7-8-27)15-5-6-19(23)20(24)9-15)22(28)18-4-2-3-16(10-25)21(18)29-13-14;/h2-7,13,16H,8,10-12H2,1H3,(H,27,28);2-6,9,14,17,27H,7-8,11-13H2,1H3;1H4/t13-,16-;14-,17-;/m11./s1. The average Bonchev–Trinajstić information content (AvgIpc) is 3.21. The molecule has 11 nitrogen and oxygen atoms in total. The number of para-hydroxylation sites is 2. The molecule has 2 heterocycles. The van der Waals surface area contributed by atoms with Crippen molar-refractivity contribution >= 4 is 64.2 Å². The van der Waals surface area contributed by atoms with E-state index in [9.17, 15) is 35.1 Å². The first-order valence-electron chi connectivity index (χ1n) is 18.9. The number of carboxylic acid groups (broad SMARTS) is 1. The quantitative estimate of drug-likeness (QED) is 0.158. The molecule has 4 aromatic rings. The number of hydrogen-bond acceptors (Lipinski definition) is 8. The lowest BCUT2D eigenvalue weighted by Gasteiger charge is -2.33. The van der Waals surface area contributed by atoms with E-state index in [-0.39, 0.29) is 62.3 Å². The van der Waals surface area contributed by atoms with Crippen LogP contribution in [0.15, 0.2) is 72.8 Å². The highest BCUT2D eigenvalue weighted by atomic mass is 35.5. The molecule has 0 saturated carbocycles. The lowest BCUT2D eigenvalue weighted by Crippen LogP contribution is -2.41. The fraction of sp³-hybridized carbons (Fsp3) is 0.356. The normalized spacial score (nSPS) is 17.1. The molecule has 2 amide bonds. The first-order valence-corrected chi connectivity index (χ1v) is 20.4. The van der Waals surface area contributed by atoms with Crippen LogP contribution in [0.4, 0.5) is 0 Å². The molecule has 2 aliphatic heterocycles. The van der Waals surface area contributed by atoms with Crippen LogP contribution in [0.3, 0.4) is 0 Å². The van der Waals surface area contributed by atoms with E-state index in [2.05, 4.69) is 12.1 Å². The van der Waals surface area contributed by atoms with Crippen molar-refractivity contribution in [2.45, 2.75) is 46.0 Å². The number of carbonyl (C=O) groups is 3. The van der Waals surface area contributed by atoms with E-state index >= 15 is 0 Å². The highest BCUT2D eigenvalue weighted by molar-refractivity contribution is 6.42. The molecule has 316 valence electrons. The Morgan fingerprint density at radius 3 is 1.57 bits per heavy atom. The van der Waals surface area contributed by atoms with Gasteiger partial charge in [-0.1, -0.05) is 91.9 Å². The minimum Gasteiger partial charge on any atom is -0.491 e. The lowest BCUT2D eigenvalue weighted by atomic mass is 9.94. The Labute approximate surface area is 370 Å². The van der Waals surface area contributed by atoms with Gasteiger partial charge in [-0.3, -0.25) is 14.4 Å². The SMILES string of the molecule is C.C[C@H]1COc2c(C#N)cccc2C(=O)N(C[C@@H](CC(=O)O)c2ccc(Cl)c(Cl)c2)C1.C[C@H]1COc2c(C#N)cccc2C(=O)N(C[C@@H](CCO)c2ccc(Cl)c(Cl)c2)C1. The third-order valence-corrected chi connectivity index (χ3v) is 11.5. The molecule has 0 saturated heterocycles. The monoisotopic (exact) mass is 894 g/mol. The van der Waals surface area contributed by atoms with Gasteiger partial charge in [-0.25, -0.2) is 0 Å². The Hall–Kier alpha value is -5.01. The smallest absolute Gasteiger partial charge is 0.304 e. The highest BCUT2D eigenvalue weighted by Gasteiger charge is 2.31. The molecule has 60 heavy (non-hydrogen) atoms. The minimum atomic E-state index is -0.978. The summed E-state index contributed by atoms with van der Waals surface area (Å²) in [6, 6.07) is 24.4. The fourth-order valence-corrected chi connectivity index (χ4v) is 7.72. The van der Waals surface area contributed by atoms with Gasteiger partial charge in [-0.05, 0) is 66.1 Å². The summed E-state index contributed by atoms with van der Waals surface area (Å²) in [7, 11) is 0. The molecule has 0 unspecified atom stereocenters. The number of amides is 2. The van der Waals surface area contributed by atoms with Crippen LogP contribution in [-0.2, 0) is 4.79 Å². The van der Waals surface area contributed by atoms with Gasteiger partial charge in [0, 0.05) is 56.5 Å². The third-order valence-electron chi connectivity index (χ3n) is 10.0. The molecular formula is C45H46Cl4N4O7. The first kappa shape index (κ1) is 47.7. The highest BCUT2D eigenvalue weighted by Crippen LogP contribution is 2.34. The summed E-state index contributed by atoms with van der Waals surface area (Å²) in [6.45, 7) is 6.18. The molecule has 0 aromatic heterocycles. The van der Waals surface area contributed by atoms with Crippen LogP contribution in [0.1, 0.15) is 88.9 Å². The maximum atomic E-state index is 13.3. The van der Waals surface area contributed by atoms with Gasteiger partial charge >= 0.3 is 5.97 Å². The predicted octanol–water partition coefficient (Wildman–Crippen LogP) is 9.73. The number of benzene rings is 4. The second-order valence-electron chi connectivity index (χ2n) is 14.7. The van der Waals surface area contributed by atoms with E-state index < -0.39 is 11.9 Å². The molecule has 0 radical (unpaired) electrons. The summed E-state index contributed by atoms with van der Waals surface area (Å²) in [5.74, 6) is -1.36. The Morgan fingerprint density at radius 1 is 0.733 bits per heavy atom. The predicted molar refractivity (Wildman–Crippen MR) is 233 cm³/mol. The third kappa shape index (κ3) is 11.8. The zero-order valence-corrected chi connectivity index (χ0v) is 35.4. The molecule has 15 heteroatoms. The number of nitrogens with zero attached hydrogens (tertiary/aromatic N) is 4. The van der Waals surface area contributed by atoms with E-state index in [1.165, 1.54) is 0 Å². The van der Waals surface area contributed by atoms with Crippen molar-refractivity contribution in [3.05, 3.63) is 126 Å². The van der Waals surface area contributed by atoms with Crippen LogP contribution in [0.5, 0.6) is 11.5 Å². The first-order chi connectivity index (χ1) is 28.2. The molecule has 0 fully saturated rings. The lowest BCUT2D eigenvalue weighted by molar-refractivity contribution is -0.137.